The standard InChI is InChI=1S/C20H26N6O3S/c1-5-6-10-22-30(28,29)24-18(27)8-7-17-15(3)23-25(4)20(17)26-11-9-16-12-14(2)13-21-19(16)26/h7-9,11-13,22H,5-6,10H2,1-4H3,(H,24,27). The number of amides is 1. The Balaban J connectivity index is 1.88. The summed E-state index contributed by atoms with van der Waals surface area (Å²) in [5.41, 5.74) is 3.23. The van der Waals surface area contributed by atoms with Crippen LogP contribution >= 0.6 is 0 Å². The molecule has 1 amide bonds. The Kier molecular flexibility index (Phi) is 6.37. The summed E-state index contributed by atoms with van der Waals surface area (Å²) in [6, 6.07) is 4.01. The lowest BCUT2D eigenvalue weighted by Gasteiger charge is -2.08. The van der Waals surface area contributed by atoms with Crippen molar-refractivity contribution in [2.45, 2.75) is 33.6 Å². The molecule has 2 N–H and O–H groups in total. The fourth-order valence-electron chi connectivity index (χ4n) is 3.19. The Bertz CT molecular complexity index is 1210. The van der Waals surface area contributed by atoms with Gasteiger partial charge in [-0.1, -0.05) is 13.3 Å². The highest BCUT2D eigenvalue weighted by Crippen LogP contribution is 2.24. The Labute approximate surface area is 176 Å². The average molecular weight is 431 g/mol. The minimum atomic E-state index is -3.89. The van der Waals surface area contributed by atoms with Crippen LogP contribution in [-0.2, 0) is 22.1 Å². The van der Waals surface area contributed by atoms with Crippen LogP contribution in [0.15, 0.2) is 30.6 Å². The number of nitrogens with one attached hydrogen (secondary N) is 2. The van der Waals surface area contributed by atoms with Gasteiger partial charge in [0.25, 0.3) is 5.91 Å². The number of hydrogen-bond acceptors (Lipinski definition) is 5. The minimum Gasteiger partial charge on any atom is -0.285 e. The zero-order chi connectivity index (χ0) is 21.9. The largest absolute Gasteiger partial charge is 0.301 e. The third kappa shape index (κ3) is 4.77. The van der Waals surface area contributed by atoms with Crippen molar-refractivity contribution in [1.29, 1.82) is 0 Å². The molecule has 0 aromatic carbocycles. The second-order valence-corrected chi connectivity index (χ2v) is 8.61. The van der Waals surface area contributed by atoms with Gasteiger partial charge in [-0.2, -0.15) is 18.2 Å². The maximum atomic E-state index is 12.2. The van der Waals surface area contributed by atoms with Gasteiger partial charge in [-0.15, -0.1) is 0 Å². The number of hydrogen-bond donors (Lipinski definition) is 2. The number of fused-ring (bicyclic) bond motifs is 1. The Morgan fingerprint density at radius 1 is 1.30 bits per heavy atom. The van der Waals surface area contributed by atoms with E-state index in [4.69, 9.17) is 0 Å². The predicted octanol–water partition coefficient (Wildman–Crippen LogP) is 2.14. The lowest BCUT2D eigenvalue weighted by molar-refractivity contribution is -0.114. The summed E-state index contributed by atoms with van der Waals surface area (Å²) in [6.07, 6.45) is 7.99. The molecule has 0 aliphatic rings. The molecule has 0 aliphatic carbocycles. The summed E-state index contributed by atoms with van der Waals surface area (Å²) < 4.78 is 31.8. The number of carbonyl (C=O) groups excluding carboxylic acids is 1. The van der Waals surface area contributed by atoms with Crippen LogP contribution in [0.5, 0.6) is 0 Å². The minimum absolute atomic E-state index is 0.280. The molecular formula is C20H26N6O3S. The van der Waals surface area contributed by atoms with Gasteiger partial charge in [0.05, 0.1) is 5.69 Å². The normalized spacial score (nSPS) is 12.1. The van der Waals surface area contributed by atoms with Crippen molar-refractivity contribution >= 4 is 33.2 Å². The molecule has 0 radical (unpaired) electrons. The summed E-state index contributed by atoms with van der Waals surface area (Å²) in [6.45, 7) is 6.04. The average Bonchev–Trinajstić information content (AvgIpc) is 3.18. The summed E-state index contributed by atoms with van der Waals surface area (Å²) in [4.78, 5) is 16.7. The van der Waals surface area contributed by atoms with Crippen molar-refractivity contribution in [3.63, 3.8) is 0 Å². The topological polar surface area (TPSA) is 111 Å². The Morgan fingerprint density at radius 3 is 2.80 bits per heavy atom. The van der Waals surface area contributed by atoms with Crippen LogP contribution in [0.1, 0.15) is 36.6 Å². The zero-order valence-electron chi connectivity index (χ0n) is 17.5. The summed E-state index contributed by atoms with van der Waals surface area (Å²) in [5, 5.41) is 5.44. The van der Waals surface area contributed by atoms with Crippen LogP contribution in [0.4, 0.5) is 0 Å². The lowest BCUT2D eigenvalue weighted by atomic mass is 10.2. The third-order valence-corrected chi connectivity index (χ3v) is 5.64. The highest BCUT2D eigenvalue weighted by atomic mass is 32.2. The van der Waals surface area contributed by atoms with Gasteiger partial charge in [-0.25, -0.2) is 9.71 Å². The van der Waals surface area contributed by atoms with E-state index in [0.717, 1.165) is 28.8 Å². The number of aryl methyl sites for hydroxylation is 3. The molecule has 9 nitrogen and oxygen atoms in total. The number of nitrogens with zero attached hydrogens (tertiary/aromatic N) is 4. The molecule has 160 valence electrons. The fourth-order valence-corrected chi connectivity index (χ4v) is 4.01. The van der Waals surface area contributed by atoms with Crippen molar-refractivity contribution in [3.8, 4) is 5.82 Å². The van der Waals surface area contributed by atoms with E-state index >= 15 is 0 Å². The molecule has 0 bridgehead atoms. The maximum Gasteiger partial charge on any atom is 0.301 e. The summed E-state index contributed by atoms with van der Waals surface area (Å²) >= 11 is 0. The van der Waals surface area contributed by atoms with E-state index in [1.165, 1.54) is 6.08 Å². The molecule has 30 heavy (non-hydrogen) atoms. The first kappa shape index (κ1) is 21.7. The van der Waals surface area contributed by atoms with Crippen LogP contribution < -0.4 is 9.44 Å². The smallest absolute Gasteiger partial charge is 0.285 e. The van der Waals surface area contributed by atoms with E-state index in [-0.39, 0.29) is 6.54 Å². The van der Waals surface area contributed by atoms with Gasteiger partial charge in [0.1, 0.15) is 11.5 Å². The van der Waals surface area contributed by atoms with E-state index in [1.807, 2.05) is 55.4 Å². The summed E-state index contributed by atoms with van der Waals surface area (Å²) in [7, 11) is -2.08. The Morgan fingerprint density at radius 2 is 2.07 bits per heavy atom. The van der Waals surface area contributed by atoms with Crippen molar-refractivity contribution in [3.05, 3.63) is 47.4 Å². The van der Waals surface area contributed by atoms with Crippen LogP contribution in [0, 0.1) is 13.8 Å². The van der Waals surface area contributed by atoms with Gasteiger partial charge in [0, 0.05) is 43.0 Å². The van der Waals surface area contributed by atoms with Gasteiger partial charge in [-0.3, -0.25) is 14.0 Å². The van der Waals surface area contributed by atoms with Crippen molar-refractivity contribution < 1.29 is 13.2 Å². The molecule has 3 rings (SSSR count). The number of carbonyl (C=O) groups is 1. The molecule has 3 heterocycles. The van der Waals surface area contributed by atoms with Crippen LogP contribution in [0.3, 0.4) is 0 Å². The summed E-state index contributed by atoms with van der Waals surface area (Å²) in [5.74, 6) is -0.00820. The van der Waals surface area contributed by atoms with E-state index in [0.29, 0.717) is 17.7 Å². The van der Waals surface area contributed by atoms with Crippen LogP contribution in [0.25, 0.3) is 22.9 Å². The second kappa shape index (κ2) is 8.80. The molecular weight excluding hydrogens is 404 g/mol. The number of unbranched alkanes of at least 4 members (excludes halogenated alkanes) is 1. The molecule has 0 aliphatic heterocycles. The van der Waals surface area contributed by atoms with E-state index in [2.05, 4.69) is 14.8 Å². The van der Waals surface area contributed by atoms with Crippen LogP contribution in [0.2, 0.25) is 0 Å². The molecule has 0 saturated carbocycles. The lowest BCUT2D eigenvalue weighted by Crippen LogP contribution is -2.39. The number of pyridine rings is 1. The van der Waals surface area contributed by atoms with E-state index < -0.39 is 16.1 Å². The highest BCUT2D eigenvalue weighted by molar-refractivity contribution is 7.88. The first-order valence-electron chi connectivity index (χ1n) is 9.69. The first-order valence-corrected chi connectivity index (χ1v) is 11.2. The van der Waals surface area contributed by atoms with E-state index in [9.17, 15) is 13.2 Å². The second-order valence-electron chi connectivity index (χ2n) is 7.11. The molecule has 3 aromatic heterocycles. The zero-order valence-corrected chi connectivity index (χ0v) is 18.3. The Hall–Kier alpha value is -2.98. The molecule has 3 aromatic rings. The van der Waals surface area contributed by atoms with Gasteiger partial charge in [0.15, 0.2) is 0 Å². The predicted molar refractivity (Wildman–Crippen MR) is 116 cm³/mol. The third-order valence-electron chi connectivity index (χ3n) is 4.59. The van der Waals surface area contributed by atoms with Gasteiger partial charge in [0.2, 0.25) is 0 Å². The SMILES string of the molecule is CCCCNS(=O)(=O)NC(=O)C=Cc1c(C)nn(C)c1-n1ccc2cc(C)cnc21. The van der Waals surface area contributed by atoms with E-state index in [1.54, 1.807) is 17.0 Å². The fraction of sp³-hybridized carbons (Fsp3) is 0.350. The quantitative estimate of drug-likeness (QED) is 0.420. The van der Waals surface area contributed by atoms with Crippen molar-refractivity contribution in [2.24, 2.45) is 7.05 Å². The number of rotatable bonds is 8. The molecule has 0 spiro atoms. The number of aromatic nitrogens is 4. The van der Waals surface area contributed by atoms with Crippen LogP contribution in [-0.4, -0.2) is 40.2 Å². The molecule has 0 unspecified atom stereocenters. The molecule has 10 heteroatoms. The monoisotopic (exact) mass is 430 g/mol. The van der Waals surface area contributed by atoms with Crippen molar-refractivity contribution in [2.75, 3.05) is 6.54 Å². The van der Waals surface area contributed by atoms with Gasteiger partial charge < -0.3 is 0 Å². The first-order chi connectivity index (χ1) is 14.2. The van der Waals surface area contributed by atoms with Gasteiger partial charge >= 0.3 is 10.2 Å². The van der Waals surface area contributed by atoms with Gasteiger partial charge in [-0.05, 0) is 44.0 Å². The molecule has 0 atom stereocenters. The highest BCUT2D eigenvalue weighted by Gasteiger charge is 2.17. The maximum absolute atomic E-state index is 12.2. The molecule has 0 saturated heterocycles. The molecule has 0 fully saturated rings. The van der Waals surface area contributed by atoms with Crippen molar-refractivity contribution in [1.82, 2.24) is 28.8 Å².